The second kappa shape index (κ2) is 6.03. The minimum Gasteiger partial charge on any atom is -0.368 e. The molecule has 0 saturated carbocycles. The van der Waals surface area contributed by atoms with Crippen molar-refractivity contribution < 1.29 is 4.79 Å². The number of ketones is 1. The van der Waals surface area contributed by atoms with Gasteiger partial charge < -0.3 is 4.90 Å². The van der Waals surface area contributed by atoms with Crippen molar-refractivity contribution in [2.75, 3.05) is 11.4 Å². The van der Waals surface area contributed by atoms with Gasteiger partial charge in [0.15, 0.2) is 5.78 Å². The third kappa shape index (κ3) is 2.74. The molecule has 2 heteroatoms. The van der Waals surface area contributed by atoms with E-state index in [4.69, 9.17) is 0 Å². The Balaban J connectivity index is 2.09. The third-order valence-electron chi connectivity index (χ3n) is 3.78. The van der Waals surface area contributed by atoms with E-state index in [-0.39, 0.29) is 0 Å². The fourth-order valence-corrected chi connectivity index (χ4v) is 2.74. The van der Waals surface area contributed by atoms with Gasteiger partial charge in [0.25, 0.3) is 0 Å². The van der Waals surface area contributed by atoms with Crippen molar-refractivity contribution in [2.24, 2.45) is 0 Å². The summed E-state index contributed by atoms with van der Waals surface area (Å²) < 4.78 is 0. The van der Waals surface area contributed by atoms with Crippen molar-refractivity contribution in [1.29, 1.82) is 0 Å². The Morgan fingerprint density at radius 3 is 2.78 bits per heavy atom. The third-order valence-corrected chi connectivity index (χ3v) is 3.78. The smallest absolute Gasteiger partial charge is 0.166 e. The van der Waals surface area contributed by atoms with E-state index < -0.39 is 0 Å². The number of hydrogen-bond acceptors (Lipinski definition) is 2. The van der Waals surface area contributed by atoms with Gasteiger partial charge in [0.05, 0.1) is 0 Å². The Labute approximate surface area is 110 Å². The highest BCUT2D eigenvalue weighted by Gasteiger charge is 2.27. The second-order valence-corrected chi connectivity index (χ2v) is 5.25. The fraction of sp³-hybridized carbons (Fsp3) is 0.562. The van der Waals surface area contributed by atoms with Crippen molar-refractivity contribution >= 4 is 11.5 Å². The van der Waals surface area contributed by atoms with E-state index in [1.165, 1.54) is 25.7 Å². The summed E-state index contributed by atoms with van der Waals surface area (Å²) in [6.45, 7) is 5.47. The molecule has 1 aromatic rings. The molecular weight excluding hydrogens is 222 g/mol. The van der Waals surface area contributed by atoms with Crippen LogP contribution in [0.3, 0.4) is 0 Å². The zero-order valence-electron chi connectivity index (χ0n) is 11.5. The summed E-state index contributed by atoms with van der Waals surface area (Å²) in [5.41, 5.74) is 2.05. The standard InChI is InChI=1S/C16H23NO/c1-3-4-5-8-11-17-13(2)12-16(18)14-9-6-7-10-15(14)17/h6-7,9-10,13H,3-5,8,11-12H2,1-2H3. The number of para-hydroxylation sites is 1. The molecule has 2 rings (SSSR count). The van der Waals surface area contributed by atoms with Crippen LogP contribution in [0.1, 0.15) is 56.3 Å². The Kier molecular flexibility index (Phi) is 4.40. The van der Waals surface area contributed by atoms with Crippen LogP contribution in [0, 0.1) is 0 Å². The number of unbranched alkanes of at least 4 members (excludes halogenated alkanes) is 3. The van der Waals surface area contributed by atoms with Crippen molar-refractivity contribution in [1.82, 2.24) is 0 Å². The van der Waals surface area contributed by atoms with Crippen LogP contribution < -0.4 is 4.90 Å². The maximum atomic E-state index is 12.0. The summed E-state index contributed by atoms with van der Waals surface area (Å²) >= 11 is 0. The summed E-state index contributed by atoms with van der Waals surface area (Å²) in [5.74, 6) is 0.294. The molecule has 1 aliphatic rings. The Bertz CT molecular complexity index is 413. The monoisotopic (exact) mass is 245 g/mol. The molecule has 0 N–H and O–H groups in total. The lowest BCUT2D eigenvalue weighted by atomic mass is 9.95. The van der Waals surface area contributed by atoms with Crippen LogP contribution in [0.4, 0.5) is 5.69 Å². The van der Waals surface area contributed by atoms with Crippen LogP contribution in [-0.2, 0) is 0 Å². The minimum atomic E-state index is 0.294. The minimum absolute atomic E-state index is 0.294. The average Bonchev–Trinajstić information content (AvgIpc) is 2.38. The molecule has 1 unspecified atom stereocenters. The van der Waals surface area contributed by atoms with Crippen LogP contribution >= 0.6 is 0 Å². The lowest BCUT2D eigenvalue weighted by Crippen LogP contribution is -2.40. The van der Waals surface area contributed by atoms with Gasteiger partial charge in [-0.25, -0.2) is 0 Å². The Morgan fingerprint density at radius 2 is 2.00 bits per heavy atom. The lowest BCUT2D eigenvalue weighted by molar-refractivity contribution is 0.0968. The predicted molar refractivity (Wildman–Crippen MR) is 76.3 cm³/mol. The van der Waals surface area contributed by atoms with Crippen molar-refractivity contribution in [3.05, 3.63) is 29.8 Å². The molecule has 1 atom stereocenters. The summed E-state index contributed by atoms with van der Waals surface area (Å²) in [6, 6.07) is 8.38. The van der Waals surface area contributed by atoms with E-state index in [9.17, 15) is 4.79 Å². The van der Waals surface area contributed by atoms with Gasteiger partial charge in [0, 0.05) is 30.3 Å². The Hall–Kier alpha value is -1.31. The van der Waals surface area contributed by atoms with Gasteiger partial charge in [-0.2, -0.15) is 0 Å². The molecule has 1 heterocycles. The molecule has 0 spiro atoms. The molecule has 1 aliphatic heterocycles. The number of anilines is 1. The van der Waals surface area contributed by atoms with Crippen LogP contribution in [0.2, 0.25) is 0 Å². The molecule has 0 radical (unpaired) electrons. The number of benzene rings is 1. The molecule has 0 fully saturated rings. The first-order valence-electron chi connectivity index (χ1n) is 7.13. The number of carbonyl (C=O) groups is 1. The zero-order chi connectivity index (χ0) is 13.0. The van der Waals surface area contributed by atoms with Gasteiger partial charge in [-0.05, 0) is 25.5 Å². The highest BCUT2D eigenvalue weighted by Crippen LogP contribution is 2.30. The SMILES string of the molecule is CCCCCCN1c2ccccc2C(=O)CC1C. The van der Waals surface area contributed by atoms with E-state index in [2.05, 4.69) is 24.8 Å². The fourth-order valence-electron chi connectivity index (χ4n) is 2.74. The Morgan fingerprint density at radius 1 is 1.22 bits per heavy atom. The molecule has 0 amide bonds. The van der Waals surface area contributed by atoms with Gasteiger partial charge in [-0.1, -0.05) is 38.3 Å². The van der Waals surface area contributed by atoms with E-state index in [0.717, 1.165) is 17.8 Å². The van der Waals surface area contributed by atoms with Crippen LogP contribution in [0.25, 0.3) is 0 Å². The number of nitrogens with zero attached hydrogens (tertiary/aromatic N) is 1. The number of fused-ring (bicyclic) bond motifs is 1. The van der Waals surface area contributed by atoms with Crippen molar-refractivity contribution in [3.63, 3.8) is 0 Å². The van der Waals surface area contributed by atoms with E-state index in [1.54, 1.807) is 0 Å². The van der Waals surface area contributed by atoms with Gasteiger partial charge in [-0.3, -0.25) is 4.79 Å². The normalized spacial score (nSPS) is 18.9. The number of Topliss-reactive ketones (excluding diaryl/α,β-unsaturated/α-hetero) is 1. The van der Waals surface area contributed by atoms with Crippen LogP contribution in [0.5, 0.6) is 0 Å². The lowest BCUT2D eigenvalue weighted by Gasteiger charge is -2.36. The van der Waals surface area contributed by atoms with Crippen molar-refractivity contribution in [3.8, 4) is 0 Å². The highest BCUT2D eigenvalue weighted by atomic mass is 16.1. The highest BCUT2D eigenvalue weighted by molar-refractivity contribution is 6.03. The largest absolute Gasteiger partial charge is 0.368 e. The molecule has 0 bridgehead atoms. The van der Waals surface area contributed by atoms with E-state index >= 15 is 0 Å². The molecule has 0 aromatic heterocycles. The maximum absolute atomic E-state index is 12.0. The van der Waals surface area contributed by atoms with Crippen LogP contribution in [0.15, 0.2) is 24.3 Å². The topological polar surface area (TPSA) is 20.3 Å². The first-order chi connectivity index (χ1) is 8.74. The van der Waals surface area contributed by atoms with E-state index in [0.29, 0.717) is 18.2 Å². The molecular formula is C16H23NO. The molecule has 98 valence electrons. The van der Waals surface area contributed by atoms with Gasteiger partial charge in [0.2, 0.25) is 0 Å². The molecule has 1 aromatic carbocycles. The number of hydrogen-bond donors (Lipinski definition) is 0. The van der Waals surface area contributed by atoms with Gasteiger partial charge in [0.1, 0.15) is 0 Å². The molecule has 0 saturated heterocycles. The average molecular weight is 245 g/mol. The molecule has 0 aliphatic carbocycles. The summed E-state index contributed by atoms with van der Waals surface area (Å²) in [7, 11) is 0. The summed E-state index contributed by atoms with van der Waals surface area (Å²) in [4.78, 5) is 14.4. The van der Waals surface area contributed by atoms with Crippen molar-refractivity contribution in [2.45, 2.75) is 52.0 Å². The first kappa shape index (κ1) is 13.1. The maximum Gasteiger partial charge on any atom is 0.166 e. The second-order valence-electron chi connectivity index (χ2n) is 5.25. The predicted octanol–water partition coefficient (Wildman–Crippen LogP) is 4.05. The number of carbonyl (C=O) groups excluding carboxylic acids is 1. The first-order valence-corrected chi connectivity index (χ1v) is 7.13. The quantitative estimate of drug-likeness (QED) is 0.729. The summed E-state index contributed by atoms with van der Waals surface area (Å²) in [6.07, 6.45) is 5.74. The van der Waals surface area contributed by atoms with Gasteiger partial charge in [-0.15, -0.1) is 0 Å². The number of rotatable bonds is 5. The molecule has 2 nitrogen and oxygen atoms in total. The van der Waals surface area contributed by atoms with Crippen LogP contribution in [-0.4, -0.2) is 18.4 Å². The summed E-state index contributed by atoms with van der Waals surface area (Å²) in [5, 5.41) is 0. The van der Waals surface area contributed by atoms with E-state index in [1.807, 2.05) is 18.2 Å². The van der Waals surface area contributed by atoms with Gasteiger partial charge >= 0.3 is 0 Å². The zero-order valence-corrected chi connectivity index (χ0v) is 11.5. The molecule has 18 heavy (non-hydrogen) atoms.